The summed E-state index contributed by atoms with van der Waals surface area (Å²) in [5, 5.41) is 8.46. The lowest BCUT2D eigenvalue weighted by Crippen LogP contribution is -2.49. The zero-order valence-corrected chi connectivity index (χ0v) is 18.8. The Morgan fingerprint density at radius 1 is 0.879 bits per heavy atom. The Kier molecular flexibility index (Phi) is 6.89. The van der Waals surface area contributed by atoms with Crippen LogP contribution >= 0.6 is 0 Å². The molecule has 1 aliphatic rings. The summed E-state index contributed by atoms with van der Waals surface area (Å²) in [5.74, 6) is 1.56. The number of urea groups is 2. The predicted octanol–water partition coefficient (Wildman–Crippen LogP) is 4.29. The second-order valence-electron chi connectivity index (χ2n) is 7.97. The summed E-state index contributed by atoms with van der Waals surface area (Å²) < 4.78 is 5.66. The molecule has 0 aliphatic carbocycles. The monoisotopic (exact) mass is 448 g/mol. The molecule has 0 bridgehead atoms. The highest BCUT2D eigenvalue weighted by Crippen LogP contribution is 2.17. The van der Waals surface area contributed by atoms with Crippen molar-refractivity contribution in [3.8, 4) is 0 Å². The average molecular weight is 449 g/mol. The van der Waals surface area contributed by atoms with E-state index in [2.05, 4.69) is 25.8 Å². The zero-order chi connectivity index (χ0) is 23.2. The minimum atomic E-state index is -0.350. The summed E-state index contributed by atoms with van der Waals surface area (Å²) in [6.07, 6.45) is 0. The van der Waals surface area contributed by atoms with Gasteiger partial charge in [-0.15, -0.1) is 0 Å². The molecule has 172 valence electrons. The number of anilines is 3. The van der Waals surface area contributed by atoms with Gasteiger partial charge >= 0.3 is 12.1 Å². The molecule has 1 saturated heterocycles. The Labute approximate surface area is 192 Å². The summed E-state index contributed by atoms with van der Waals surface area (Å²) in [7, 11) is 0. The van der Waals surface area contributed by atoms with Gasteiger partial charge in [-0.25, -0.2) is 14.6 Å². The molecule has 4 amide bonds. The van der Waals surface area contributed by atoms with Gasteiger partial charge in [0.1, 0.15) is 5.76 Å². The Bertz CT molecular complexity index is 1090. The summed E-state index contributed by atoms with van der Waals surface area (Å²) >= 11 is 0. The summed E-state index contributed by atoms with van der Waals surface area (Å²) in [6, 6.07) is 15.8. The minimum absolute atomic E-state index is 0.164. The highest BCUT2D eigenvalue weighted by molar-refractivity contribution is 6.00. The van der Waals surface area contributed by atoms with Crippen LogP contribution in [0.4, 0.5) is 26.7 Å². The van der Waals surface area contributed by atoms with Crippen molar-refractivity contribution in [1.29, 1.82) is 0 Å². The number of hydrogen-bond acceptors (Lipinski definition) is 5. The molecule has 0 radical (unpaired) electrons. The number of nitrogens with one attached hydrogen (secondary N) is 3. The van der Waals surface area contributed by atoms with E-state index < -0.39 is 0 Å². The van der Waals surface area contributed by atoms with E-state index in [9.17, 15) is 9.59 Å². The highest BCUT2D eigenvalue weighted by atomic mass is 16.4. The number of aromatic nitrogens is 1. The summed E-state index contributed by atoms with van der Waals surface area (Å²) in [5.41, 5.74) is 2.82. The van der Waals surface area contributed by atoms with Crippen LogP contribution in [0.3, 0.4) is 0 Å². The molecule has 0 unspecified atom stereocenters. The van der Waals surface area contributed by atoms with Gasteiger partial charge in [-0.3, -0.25) is 4.90 Å². The van der Waals surface area contributed by atoms with E-state index in [4.69, 9.17) is 4.42 Å². The van der Waals surface area contributed by atoms with Gasteiger partial charge in [0, 0.05) is 43.2 Å². The largest absolute Gasteiger partial charge is 0.444 e. The second kappa shape index (κ2) is 10.2. The van der Waals surface area contributed by atoms with E-state index in [-0.39, 0.29) is 12.1 Å². The second-order valence-corrected chi connectivity index (χ2v) is 7.97. The van der Waals surface area contributed by atoms with Crippen LogP contribution in [0.15, 0.2) is 59.0 Å². The van der Waals surface area contributed by atoms with Gasteiger partial charge in [-0.05, 0) is 44.2 Å². The number of oxazole rings is 1. The number of nitrogens with zero attached hydrogens (tertiary/aromatic N) is 3. The summed E-state index contributed by atoms with van der Waals surface area (Å²) in [4.78, 5) is 33.4. The molecule has 1 aliphatic heterocycles. The van der Waals surface area contributed by atoms with Crippen molar-refractivity contribution in [2.24, 2.45) is 0 Å². The van der Waals surface area contributed by atoms with Crippen LogP contribution in [0.2, 0.25) is 0 Å². The molecule has 0 atom stereocenters. The third kappa shape index (κ3) is 6.11. The van der Waals surface area contributed by atoms with E-state index in [1.165, 1.54) is 0 Å². The molecule has 4 rings (SSSR count). The third-order valence-corrected chi connectivity index (χ3v) is 5.49. The van der Waals surface area contributed by atoms with E-state index in [0.29, 0.717) is 42.6 Å². The molecular weight excluding hydrogens is 420 g/mol. The lowest BCUT2D eigenvalue weighted by molar-refractivity contribution is 0.135. The molecular formula is C24H28N6O3. The topological polar surface area (TPSA) is 103 Å². The molecule has 33 heavy (non-hydrogen) atoms. The van der Waals surface area contributed by atoms with Crippen molar-refractivity contribution < 1.29 is 14.0 Å². The fraction of sp³-hybridized carbons (Fsp3) is 0.292. The normalized spacial score (nSPS) is 14.1. The number of hydrogen-bond donors (Lipinski definition) is 3. The molecule has 2 heterocycles. The van der Waals surface area contributed by atoms with E-state index in [1.54, 1.807) is 29.2 Å². The van der Waals surface area contributed by atoms with Gasteiger partial charge in [0.25, 0.3) is 0 Å². The van der Waals surface area contributed by atoms with Crippen molar-refractivity contribution >= 4 is 29.1 Å². The first-order valence-electron chi connectivity index (χ1n) is 10.9. The van der Waals surface area contributed by atoms with Gasteiger partial charge in [-0.2, -0.15) is 0 Å². The van der Waals surface area contributed by atoms with Gasteiger partial charge in [0.2, 0.25) is 5.89 Å². The fourth-order valence-corrected chi connectivity index (χ4v) is 3.60. The number of piperazine rings is 1. The fourth-order valence-electron chi connectivity index (χ4n) is 3.60. The van der Waals surface area contributed by atoms with Gasteiger partial charge < -0.3 is 25.3 Å². The molecule has 1 fully saturated rings. The maximum atomic E-state index is 12.7. The Morgan fingerprint density at radius 3 is 2.18 bits per heavy atom. The first-order chi connectivity index (χ1) is 16.0. The van der Waals surface area contributed by atoms with Gasteiger partial charge in [-0.1, -0.05) is 24.3 Å². The molecule has 1 aromatic heterocycles. The number of carbonyl (C=O) groups excluding carboxylic acids is 2. The lowest BCUT2D eigenvalue weighted by Gasteiger charge is -2.34. The van der Waals surface area contributed by atoms with Gasteiger partial charge in [0.05, 0.1) is 12.2 Å². The van der Waals surface area contributed by atoms with Crippen LogP contribution < -0.4 is 16.0 Å². The molecule has 9 heteroatoms. The van der Waals surface area contributed by atoms with Crippen LogP contribution in [0.1, 0.15) is 17.3 Å². The number of benzene rings is 2. The Hall–Kier alpha value is -3.85. The van der Waals surface area contributed by atoms with Crippen LogP contribution in [0.25, 0.3) is 0 Å². The van der Waals surface area contributed by atoms with Crippen molar-refractivity contribution in [3.05, 3.63) is 71.9 Å². The average Bonchev–Trinajstić information content (AvgIpc) is 3.11. The van der Waals surface area contributed by atoms with Crippen LogP contribution in [-0.4, -0.2) is 53.0 Å². The number of aryl methyl sites for hydroxylation is 2. The van der Waals surface area contributed by atoms with Crippen molar-refractivity contribution in [3.63, 3.8) is 0 Å². The molecule has 3 N–H and O–H groups in total. The smallest absolute Gasteiger partial charge is 0.323 e. The molecule has 9 nitrogen and oxygen atoms in total. The molecule has 0 spiro atoms. The number of para-hydroxylation sites is 1. The molecule has 2 aromatic carbocycles. The van der Waals surface area contributed by atoms with Gasteiger partial charge in [0.15, 0.2) is 0 Å². The van der Waals surface area contributed by atoms with Crippen molar-refractivity contribution in [2.75, 3.05) is 42.1 Å². The number of rotatable bonds is 5. The quantitative estimate of drug-likeness (QED) is 0.541. The third-order valence-electron chi connectivity index (χ3n) is 5.49. The molecule has 0 saturated carbocycles. The highest BCUT2D eigenvalue weighted by Gasteiger charge is 2.22. The Morgan fingerprint density at radius 2 is 1.52 bits per heavy atom. The lowest BCUT2D eigenvalue weighted by atomic mass is 10.2. The standard InChI is InChI=1S/C24H28N6O3/c1-17-18(2)33-22(25-17)16-29-11-13-30(14-12-29)24(32)28-21-10-6-9-20(15-21)27-23(31)26-19-7-4-3-5-8-19/h3-10,15H,11-14,16H2,1-2H3,(H,28,32)(H2,26,27,31). The number of carbonyl (C=O) groups is 2. The summed E-state index contributed by atoms with van der Waals surface area (Å²) in [6.45, 7) is 7.20. The predicted molar refractivity (Wildman–Crippen MR) is 127 cm³/mol. The van der Waals surface area contributed by atoms with E-state index in [0.717, 1.165) is 24.5 Å². The van der Waals surface area contributed by atoms with Crippen LogP contribution in [0, 0.1) is 13.8 Å². The first kappa shape index (κ1) is 22.3. The van der Waals surface area contributed by atoms with Crippen LogP contribution in [-0.2, 0) is 6.54 Å². The SMILES string of the molecule is Cc1nc(CN2CCN(C(=O)Nc3cccc(NC(=O)Nc4ccccc4)c3)CC2)oc1C. The zero-order valence-electron chi connectivity index (χ0n) is 18.8. The Balaban J connectivity index is 1.26. The minimum Gasteiger partial charge on any atom is -0.444 e. The van der Waals surface area contributed by atoms with Crippen LogP contribution in [0.5, 0.6) is 0 Å². The maximum Gasteiger partial charge on any atom is 0.323 e. The van der Waals surface area contributed by atoms with E-state index in [1.807, 2.05) is 44.2 Å². The van der Waals surface area contributed by atoms with E-state index >= 15 is 0 Å². The number of amides is 4. The maximum absolute atomic E-state index is 12.7. The van der Waals surface area contributed by atoms with Crippen molar-refractivity contribution in [1.82, 2.24) is 14.8 Å². The molecule has 3 aromatic rings. The van der Waals surface area contributed by atoms with Crippen molar-refractivity contribution in [2.45, 2.75) is 20.4 Å². The first-order valence-corrected chi connectivity index (χ1v) is 10.9.